The quantitative estimate of drug-likeness (QED) is 0.370. The SMILES string of the molecule is CC.CSC(SC)(c1ccc(C(=O)N(C)C2CCCCC2)cc1)n1cnc2ccccc21. The standard InChI is InChI=1S/C24H29N3OS2.C2H6/c1-26(20-9-5-4-6-10-20)23(28)18-13-15-19(16-14-18)24(29-2,30-3)27-17-25-21-11-7-8-12-22(21)27;1-2/h7-8,11-17,20H,4-6,9-10H2,1-3H3;1-2H3. The minimum atomic E-state index is -0.340. The van der Waals surface area contributed by atoms with Crippen LogP contribution in [0, 0.1) is 0 Å². The van der Waals surface area contributed by atoms with Gasteiger partial charge >= 0.3 is 0 Å². The van der Waals surface area contributed by atoms with Gasteiger partial charge in [0.15, 0.2) is 4.20 Å². The van der Waals surface area contributed by atoms with Crippen molar-refractivity contribution in [3.8, 4) is 0 Å². The number of para-hydroxylation sites is 2. The van der Waals surface area contributed by atoms with Crippen molar-refractivity contribution in [2.75, 3.05) is 19.6 Å². The number of hydrogen-bond acceptors (Lipinski definition) is 4. The van der Waals surface area contributed by atoms with Gasteiger partial charge < -0.3 is 9.47 Å². The van der Waals surface area contributed by atoms with Crippen LogP contribution >= 0.6 is 23.5 Å². The van der Waals surface area contributed by atoms with Gasteiger partial charge in [-0.2, -0.15) is 0 Å². The molecule has 1 aliphatic carbocycles. The van der Waals surface area contributed by atoms with Crippen molar-refractivity contribution in [1.29, 1.82) is 0 Å². The van der Waals surface area contributed by atoms with E-state index >= 15 is 0 Å². The highest BCUT2D eigenvalue weighted by atomic mass is 32.2. The van der Waals surface area contributed by atoms with E-state index in [1.807, 2.05) is 56.4 Å². The van der Waals surface area contributed by atoms with E-state index in [9.17, 15) is 4.79 Å². The average Bonchev–Trinajstić information content (AvgIpc) is 3.31. The topological polar surface area (TPSA) is 38.1 Å². The Morgan fingerprint density at radius 2 is 1.62 bits per heavy atom. The van der Waals surface area contributed by atoms with E-state index in [2.05, 4.69) is 46.3 Å². The zero-order chi connectivity index (χ0) is 23.1. The Bertz CT molecular complexity index is 1010. The third kappa shape index (κ3) is 4.72. The summed E-state index contributed by atoms with van der Waals surface area (Å²) < 4.78 is 1.90. The molecule has 0 unspecified atom stereocenters. The number of carbonyl (C=O) groups is 1. The maximum Gasteiger partial charge on any atom is 0.253 e. The maximum absolute atomic E-state index is 13.0. The first-order valence-electron chi connectivity index (χ1n) is 11.5. The number of nitrogens with zero attached hydrogens (tertiary/aromatic N) is 3. The van der Waals surface area contributed by atoms with Gasteiger partial charge in [0, 0.05) is 18.7 Å². The molecule has 0 radical (unpaired) electrons. The van der Waals surface area contributed by atoms with Crippen molar-refractivity contribution < 1.29 is 4.79 Å². The number of carbonyl (C=O) groups excluding carboxylic acids is 1. The number of benzene rings is 2. The summed E-state index contributed by atoms with van der Waals surface area (Å²) in [7, 11) is 1.96. The van der Waals surface area contributed by atoms with E-state index in [0.29, 0.717) is 6.04 Å². The fourth-order valence-corrected chi connectivity index (χ4v) is 6.60. The molecule has 0 bridgehead atoms. The summed E-state index contributed by atoms with van der Waals surface area (Å²) >= 11 is 3.55. The molecule has 172 valence electrons. The van der Waals surface area contributed by atoms with Gasteiger partial charge in [0.05, 0.1) is 17.4 Å². The number of rotatable bonds is 6. The monoisotopic (exact) mass is 469 g/mol. The second-order valence-corrected chi connectivity index (χ2v) is 10.1. The summed E-state index contributed by atoms with van der Waals surface area (Å²) in [4.78, 5) is 19.6. The van der Waals surface area contributed by atoms with Gasteiger partial charge in [-0.25, -0.2) is 4.98 Å². The molecule has 2 aromatic carbocycles. The van der Waals surface area contributed by atoms with Crippen molar-refractivity contribution in [3.05, 3.63) is 66.0 Å². The Morgan fingerprint density at radius 1 is 1.00 bits per heavy atom. The fourth-order valence-electron chi connectivity index (χ4n) is 4.51. The summed E-state index contributed by atoms with van der Waals surface area (Å²) in [5.74, 6) is 0.125. The molecule has 6 heteroatoms. The minimum Gasteiger partial charge on any atom is -0.339 e. The number of imidazole rings is 1. The third-order valence-electron chi connectivity index (χ3n) is 6.26. The molecular formula is C26H35N3OS2. The van der Waals surface area contributed by atoms with Gasteiger partial charge in [0.1, 0.15) is 0 Å². The van der Waals surface area contributed by atoms with Gasteiger partial charge in [-0.1, -0.05) is 57.4 Å². The molecule has 3 aromatic rings. The number of hydrogen-bond donors (Lipinski definition) is 0. The summed E-state index contributed by atoms with van der Waals surface area (Å²) in [6, 6.07) is 16.8. The molecular weight excluding hydrogens is 434 g/mol. The molecule has 1 fully saturated rings. The lowest BCUT2D eigenvalue weighted by Gasteiger charge is -2.33. The van der Waals surface area contributed by atoms with Crippen LogP contribution in [-0.4, -0.2) is 46.0 Å². The van der Waals surface area contributed by atoms with Gasteiger partial charge in [-0.15, -0.1) is 23.5 Å². The Balaban J connectivity index is 0.00000141. The highest BCUT2D eigenvalue weighted by Crippen LogP contribution is 2.46. The molecule has 1 aliphatic rings. The van der Waals surface area contributed by atoms with Gasteiger partial charge in [-0.3, -0.25) is 4.79 Å². The molecule has 1 aromatic heterocycles. The fraction of sp³-hybridized carbons (Fsp3) is 0.462. The number of thioether (sulfide) groups is 2. The normalized spacial score (nSPS) is 14.7. The second-order valence-electron chi connectivity index (χ2n) is 7.88. The highest BCUT2D eigenvalue weighted by molar-refractivity contribution is 8.16. The van der Waals surface area contributed by atoms with E-state index in [0.717, 1.165) is 35.0 Å². The minimum absolute atomic E-state index is 0.125. The van der Waals surface area contributed by atoms with Gasteiger partial charge in [0.25, 0.3) is 5.91 Å². The molecule has 32 heavy (non-hydrogen) atoms. The third-order valence-corrected chi connectivity index (χ3v) is 9.24. The molecule has 0 spiro atoms. The van der Waals surface area contributed by atoms with Crippen molar-refractivity contribution >= 4 is 40.5 Å². The van der Waals surface area contributed by atoms with Crippen molar-refractivity contribution in [2.24, 2.45) is 0 Å². The Hall–Kier alpha value is -1.92. The Morgan fingerprint density at radius 3 is 2.25 bits per heavy atom. The second kappa shape index (κ2) is 11.3. The first-order valence-corrected chi connectivity index (χ1v) is 14.0. The van der Waals surface area contributed by atoms with E-state index < -0.39 is 0 Å². The highest BCUT2D eigenvalue weighted by Gasteiger charge is 2.34. The number of amides is 1. The molecule has 4 nitrogen and oxygen atoms in total. The van der Waals surface area contributed by atoms with E-state index in [1.54, 1.807) is 23.5 Å². The van der Waals surface area contributed by atoms with Crippen LogP contribution < -0.4 is 0 Å². The average molecular weight is 470 g/mol. The molecule has 0 atom stereocenters. The predicted octanol–water partition coefficient (Wildman–Crippen LogP) is 6.85. The van der Waals surface area contributed by atoms with Gasteiger partial charge in [0.2, 0.25) is 0 Å². The summed E-state index contributed by atoms with van der Waals surface area (Å²) in [5.41, 5.74) is 4.02. The van der Waals surface area contributed by atoms with Crippen LogP contribution in [0.5, 0.6) is 0 Å². The van der Waals surface area contributed by atoms with E-state index in [1.165, 1.54) is 19.3 Å². The summed E-state index contributed by atoms with van der Waals surface area (Å²) in [5, 5.41) is 0. The number of fused-ring (bicyclic) bond motifs is 1. The molecule has 0 saturated heterocycles. The maximum atomic E-state index is 13.0. The van der Waals surface area contributed by atoms with Crippen molar-refractivity contribution in [3.63, 3.8) is 0 Å². The van der Waals surface area contributed by atoms with Crippen molar-refractivity contribution in [1.82, 2.24) is 14.5 Å². The summed E-state index contributed by atoms with van der Waals surface area (Å²) in [6.07, 6.45) is 12.2. The first kappa shape index (κ1) is 24.7. The van der Waals surface area contributed by atoms with Crippen LogP contribution in [0.25, 0.3) is 11.0 Å². The van der Waals surface area contributed by atoms with Crippen LogP contribution in [0.15, 0.2) is 54.9 Å². The Labute approximate surface area is 201 Å². The predicted molar refractivity (Wildman–Crippen MR) is 141 cm³/mol. The van der Waals surface area contributed by atoms with E-state index in [-0.39, 0.29) is 10.1 Å². The largest absolute Gasteiger partial charge is 0.339 e. The van der Waals surface area contributed by atoms with Crippen molar-refractivity contribution in [2.45, 2.75) is 56.2 Å². The van der Waals surface area contributed by atoms with Gasteiger partial charge in [-0.05, 0) is 55.2 Å². The molecule has 0 N–H and O–H groups in total. The molecule has 1 amide bonds. The molecule has 0 aliphatic heterocycles. The molecule has 1 saturated carbocycles. The number of aromatic nitrogens is 2. The zero-order valence-electron chi connectivity index (χ0n) is 19.9. The zero-order valence-corrected chi connectivity index (χ0v) is 21.5. The van der Waals surface area contributed by atoms with Crippen LogP contribution in [0.2, 0.25) is 0 Å². The van der Waals surface area contributed by atoms with Crippen LogP contribution in [0.3, 0.4) is 0 Å². The molecule has 4 rings (SSSR count). The lowest BCUT2D eigenvalue weighted by atomic mass is 9.94. The van der Waals surface area contributed by atoms with Crippen LogP contribution in [-0.2, 0) is 4.20 Å². The lowest BCUT2D eigenvalue weighted by Crippen LogP contribution is -2.38. The first-order chi connectivity index (χ1) is 15.6. The lowest BCUT2D eigenvalue weighted by molar-refractivity contribution is 0.0696. The molecule has 1 heterocycles. The smallest absolute Gasteiger partial charge is 0.253 e. The Kier molecular flexibility index (Phi) is 8.72. The summed E-state index contributed by atoms with van der Waals surface area (Å²) in [6.45, 7) is 4.00. The van der Waals surface area contributed by atoms with Crippen LogP contribution in [0.1, 0.15) is 61.9 Å². The van der Waals surface area contributed by atoms with Crippen LogP contribution in [0.4, 0.5) is 0 Å². The van der Waals surface area contributed by atoms with E-state index in [4.69, 9.17) is 0 Å².